The molecule has 3 nitrogen and oxygen atoms in total. The highest BCUT2D eigenvalue weighted by molar-refractivity contribution is 4.90. The Bertz CT molecular complexity index is 287. The molecule has 1 saturated carbocycles. The van der Waals surface area contributed by atoms with Crippen molar-refractivity contribution in [2.75, 3.05) is 39.8 Å². The molecule has 1 heterocycles. The number of hydrogen-bond acceptors (Lipinski definition) is 3. The molecule has 0 bridgehead atoms. The van der Waals surface area contributed by atoms with Crippen molar-refractivity contribution < 1.29 is 5.11 Å². The average Bonchev–Trinajstić information content (AvgIpc) is 2.80. The van der Waals surface area contributed by atoms with E-state index in [0.717, 1.165) is 31.2 Å². The fraction of sp³-hybridized carbons (Fsp3) is 1.00. The van der Waals surface area contributed by atoms with E-state index in [-0.39, 0.29) is 0 Å². The van der Waals surface area contributed by atoms with Crippen molar-refractivity contribution in [3.63, 3.8) is 0 Å². The number of hydrogen-bond donors (Lipinski definition) is 1. The van der Waals surface area contributed by atoms with Gasteiger partial charge in [-0.1, -0.05) is 13.8 Å². The zero-order valence-electron chi connectivity index (χ0n) is 13.8. The Balaban J connectivity index is 1.73. The Morgan fingerprint density at radius 3 is 2.60 bits per heavy atom. The zero-order chi connectivity index (χ0) is 14.6. The van der Waals surface area contributed by atoms with Crippen LogP contribution in [-0.4, -0.2) is 60.3 Å². The number of β-amino-alcohol motifs (C(OH)–C–C–N with tert-alkyl or cyclic N) is 1. The standard InChI is InChI=1S/C17H34N2O/c1-4-10-18(3)12-16-7-11-19(13-16)14-17(20)8-5-15(2)6-9-17/h15-16,20H,4-14H2,1-3H3. The number of likely N-dealkylation sites (tertiary alicyclic amines) is 1. The summed E-state index contributed by atoms with van der Waals surface area (Å²) in [5, 5.41) is 10.7. The van der Waals surface area contributed by atoms with Crippen molar-refractivity contribution in [2.24, 2.45) is 11.8 Å². The highest BCUT2D eigenvalue weighted by Crippen LogP contribution is 2.33. The second-order valence-electron chi connectivity index (χ2n) is 7.56. The van der Waals surface area contributed by atoms with Gasteiger partial charge in [-0.3, -0.25) is 0 Å². The van der Waals surface area contributed by atoms with Gasteiger partial charge in [-0.25, -0.2) is 0 Å². The van der Waals surface area contributed by atoms with Gasteiger partial charge in [0.2, 0.25) is 0 Å². The minimum absolute atomic E-state index is 0.392. The van der Waals surface area contributed by atoms with Gasteiger partial charge in [0.05, 0.1) is 5.60 Å². The molecule has 118 valence electrons. The van der Waals surface area contributed by atoms with Crippen LogP contribution in [0.25, 0.3) is 0 Å². The molecule has 0 aromatic heterocycles. The van der Waals surface area contributed by atoms with Gasteiger partial charge in [-0.15, -0.1) is 0 Å². The van der Waals surface area contributed by atoms with E-state index >= 15 is 0 Å². The molecule has 1 aliphatic heterocycles. The fourth-order valence-electron chi connectivity index (χ4n) is 3.99. The first-order valence-corrected chi connectivity index (χ1v) is 8.64. The molecule has 0 spiro atoms. The van der Waals surface area contributed by atoms with Crippen LogP contribution < -0.4 is 0 Å². The van der Waals surface area contributed by atoms with Crippen LogP contribution in [0.1, 0.15) is 52.4 Å². The van der Waals surface area contributed by atoms with Crippen LogP contribution in [0.3, 0.4) is 0 Å². The van der Waals surface area contributed by atoms with Gasteiger partial charge >= 0.3 is 0 Å². The van der Waals surface area contributed by atoms with E-state index in [1.165, 1.54) is 51.9 Å². The van der Waals surface area contributed by atoms with Gasteiger partial charge in [-0.2, -0.15) is 0 Å². The van der Waals surface area contributed by atoms with E-state index in [1.807, 2.05) is 0 Å². The third kappa shape index (κ3) is 4.71. The van der Waals surface area contributed by atoms with E-state index in [1.54, 1.807) is 0 Å². The summed E-state index contributed by atoms with van der Waals surface area (Å²) in [6.07, 6.45) is 6.96. The Morgan fingerprint density at radius 1 is 1.25 bits per heavy atom. The normalized spacial score (nSPS) is 35.9. The molecular formula is C17H34N2O. The van der Waals surface area contributed by atoms with Crippen LogP contribution >= 0.6 is 0 Å². The summed E-state index contributed by atoms with van der Waals surface area (Å²) in [4.78, 5) is 4.98. The molecule has 3 heteroatoms. The van der Waals surface area contributed by atoms with Crippen molar-refractivity contribution >= 4 is 0 Å². The molecule has 1 atom stereocenters. The van der Waals surface area contributed by atoms with Crippen molar-refractivity contribution in [1.82, 2.24) is 9.80 Å². The summed E-state index contributed by atoms with van der Waals surface area (Å²) in [5.41, 5.74) is -0.392. The van der Waals surface area contributed by atoms with Crippen LogP contribution in [0, 0.1) is 11.8 Å². The second kappa shape index (κ2) is 7.24. The van der Waals surface area contributed by atoms with E-state index in [2.05, 4.69) is 30.7 Å². The van der Waals surface area contributed by atoms with Crippen molar-refractivity contribution in [3.8, 4) is 0 Å². The molecule has 0 aromatic rings. The van der Waals surface area contributed by atoms with Crippen LogP contribution in [0.5, 0.6) is 0 Å². The maximum atomic E-state index is 10.7. The summed E-state index contributed by atoms with van der Waals surface area (Å²) >= 11 is 0. The molecule has 0 radical (unpaired) electrons. The molecule has 2 aliphatic rings. The lowest BCUT2D eigenvalue weighted by Gasteiger charge is -2.37. The summed E-state index contributed by atoms with van der Waals surface area (Å²) in [6.45, 7) is 10.3. The van der Waals surface area contributed by atoms with Gasteiger partial charge in [0.25, 0.3) is 0 Å². The van der Waals surface area contributed by atoms with Gasteiger partial charge in [-0.05, 0) is 70.5 Å². The quantitative estimate of drug-likeness (QED) is 0.811. The van der Waals surface area contributed by atoms with Gasteiger partial charge in [0.15, 0.2) is 0 Å². The lowest BCUT2D eigenvalue weighted by Crippen LogP contribution is -2.44. The van der Waals surface area contributed by atoms with E-state index < -0.39 is 5.60 Å². The molecule has 1 unspecified atom stereocenters. The first kappa shape index (κ1) is 16.3. The van der Waals surface area contributed by atoms with Crippen LogP contribution in [0.15, 0.2) is 0 Å². The minimum atomic E-state index is -0.392. The fourth-order valence-corrected chi connectivity index (χ4v) is 3.99. The molecule has 20 heavy (non-hydrogen) atoms. The number of nitrogens with zero attached hydrogens (tertiary/aromatic N) is 2. The third-order valence-corrected chi connectivity index (χ3v) is 5.27. The second-order valence-corrected chi connectivity index (χ2v) is 7.56. The molecular weight excluding hydrogens is 248 g/mol. The predicted molar refractivity (Wildman–Crippen MR) is 84.9 cm³/mol. The Kier molecular flexibility index (Phi) is 5.88. The maximum absolute atomic E-state index is 10.7. The Labute approximate surface area is 125 Å². The average molecular weight is 282 g/mol. The van der Waals surface area contributed by atoms with E-state index in [9.17, 15) is 5.11 Å². The predicted octanol–water partition coefficient (Wildman–Crippen LogP) is 2.59. The third-order valence-electron chi connectivity index (χ3n) is 5.27. The summed E-state index contributed by atoms with van der Waals surface area (Å²) in [7, 11) is 2.24. The Hall–Kier alpha value is -0.120. The molecule has 1 N–H and O–H groups in total. The number of aliphatic hydroxyl groups is 1. The van der Waals surface area contributed by atoms with Gasteiger partial charge in [0.1, 0.15) is 0 Å². The highest BCUT2D eigenvalue weighted by atomic mass is 16.3. The van der Waals surface area contributed by atoms with E-state index in [0.29, 0.717) is 0 Å². The smallest absolute Gasteiger partial charge is 0.0774 e. The van der Waals surface area contributed by atoms with Crippen molar-refractivity contribution in [1.29, 1.82) is 0 Å². The molecule has 1 aliphatic carbocycles. The zero-order valence-corrected chi connectivity index (χ0v) is 13.8. The highest BCUT2D eigenvalue weighted by Gasteiger charge is 2.35. The molecule has 2 rings (SSSR count). The van der Waals surface area contributed by atoms with Crippen molar-refractivity contribution in [2.45, 2.75) is 58.0 Å². The first-order valence-electron chi connectivity index (χ1n) is 8.64. The topological polar surface area (TPSA) is 26.7 Å². The van der Waals surface area contributed by atoms with Gasteiger partial charge in [0, 0.05) is 19.6 Å². The Morgan fingerprint density at radius 2 is 1.95 bits per heavy atom. The summed E-state index contributed by atoms with van der Waals surface area (Å²) in [5.74, 6) is 1.61. The van der Waals surface area contributed by atoms with E-state index in [4.69, 9.17) is 0 Å². The first-order chi connectivity index (χ1) is 9.50. The minimum Gasteiger partial charge on any atom is -0.389 e. The summed E-state index contributed by atoms with van der Waals surface area (Å²) < 4.78 is 0. The summed E-state index contributed by atoms with van der Waals surface area (Å²) in [6, 6.07) is 0. The van der Waals surface area contributed by atoms with Crippen LogP contribution in [-0.2, 0) is 0 Å². The molecule has 0 amide bonds. The van der Waals surface area contributed by atoms with Crippen molar-refractivity contribution in [3.05, 3.63) is 0 Å². The lowest BCUT2D eigenvalue weighted by atomic mass is 9.79. The molecule has 1 saturated heterocycles. The SMILES string of the molecule is CCCN(C)CC1CCN(CC2(O)CCC(C)CC2)C1. The maximum Gasteiger partial charge on any atom is 0.0774 e. The van der Waals surface area contributed by atoms with Crippen LogP contribution in [0.2, 0.25) is 0 Å². The monoisotopic (exact) mass is 282 g/mol. The van der Waals surface area contributed by atoms with Gasteiger partial charge < -0.3 is 14.9 Å². The number of rotatable bonds is 6. The molecule has 0 aromatic carbocycles. The largest absolute Gasteiger partial charge is 0.389 e. The van der Waals surface area contributed by atoms with Crippen LogP contribution in [0.4, 0.5) is 0 Å². The lowest BCUT2D eigenvalue weighted by molar-refractivity contribution is -0.0314. The molecule has 2 fully saturated rings.